The van der Waals surface area contributed by atoms with E-state index in [9.17, 15) is 0 Å². The lowest BCUT2D eigenvalue weighted by Gasteiger charge is -1.97. The molecule has 0 unspecified atom stereocenters. The van der Waals surface area contributed by atoms with Crippen molar-refractivity contribution in [3.05, 3.63) is 35.3 Å². The van der Waals surface area contributed by atoms with E-state index >= 15 is 0 Å². The van der Waals surface area contributed by atoms with Gasteiger partial charge in [0.15, 0.2) is 0 Å². The number of benzene rings is 1. The minimum absolute atomic E-state index is 0.257. The van der Waals surface area contributed by atoms with Crippen LogP contribution in [0.15, 0.2) is 22.8 Å². The van der Waals surface area contributed by atoms with Crippen LogP contribution in [0.3, 0.4) is 0 Å². The van der Waals surface area contributed by atoms with Gasteiger partial charge in [-0.2, -0.15) is 10.5 Å². The van der Waals surface area contributed by atoms with Crippen molar-refractivity contribution < 1.29 is 9.52 Å². The highest BCUT2D eigenvalue weighted by atomic mass is 16.4. The van der Waals surface area contributed by atoms with Crippen LogP contribution in [0, 0.1) is 22.7 Å². The highest BCUT2D eigenvalue weighted by Crippen LogP contribution is 2.26. The van der Waals surface area contributed by atoms with Crippen molar-refractivity contribution in [1.82, 2.24) is 0 Å². The lowest BCUT2D eigenvalue weighted by molar-refractivity contribution is 0.249. The molecule has 1 N–H and O–H groups in total. The van der Waals surface area contributed by atoms with E-state index in [1.54, 1.807) is 12.1 Å². The Morgan fingerprint density at radius 2 is 2.07 bits per heavy atom. The van der Waals surface area contributed by atoms with Gasteiger partial charge in [-0.3, -0.25) is 0 Å². The van der Waals surface area contributed by atoms with Gasteiger partial charge in [0.05, 0.1) is 17.4 Å². The molecule has 4 heteroatoms. The first kappa shape index (κ1) is 9.26. The molecule has 0 spiro atoms. The van der Waals surface area contributed by atoms with Gasteiger partial charge in [-0.05, 0) is 12.1 Å². The average molecular weight is 198 g/mol. The summed E-state index contributed by atoms with van der Waals surface area (Å²) in [6.07, 6.45) is 1.46. The Kier molecular flexibility index (Phi) is 2.13. The molecule has 0 bridgehead atoms. The van der Waals surface area contributed by atoms with Crippen LogP contribution in [0.1, 0.15) is 16.9 Å². The van der Waals surface area contributed by atoms with Crippen molar-refractivity contribution >= 4 is 10.8 Å². The second-order valence-corrected chi connectivity index (χ2v) is 2.99. The number of furan rings is 1. The first-order valence-corrected chi connectivity index (χ1v) is 4.26. The Balaban J connectivity index is 2.92. The fourth-order valence-corrected chi connectivity index (χ4v) is 1.54. The van der Waals surface area contributed by atoms with Gasteiger partial charge in [0, 0.05) is 10.8 Å². The molecule has 0 aliphatic rings. The molecule has 0 saturated carbocycles. The van der Waals surface area contributed by atoms with Gasteiger partial charge >= 0.3 is 0 Å². The number of nitrogens with zero attached hydrogens (tertiary/aromatic N) is 2. The SMILES string of the molecule is N#Cc1ccc2coc(CO)c2c1C#N. The summed E-state index contributed by atoms with van der Waals surface area (Å²) in [5.74, 6) is 0.318. The van der Waals surface area contributed by atoms with Gasteiger partial charge in [0.2, 0.25) is 0 Å². The summed E-state index contributed by atoms with van der Waals surface area (Å²) in [4.78, 5) is 0. The summed E-state index contributed by atoms with van der Waals surface area (Å²) in [5.41, 5.74) is 0.550. The number of nitriles is 2. The van der Waals surface area contributed by atoms with Crippen LogP contribution < -0.4 is 0 Å². The van der Waals surface area contributed by atoms with Crippen LogP contribution >= 0.6 is 0 Å². The molecule has 2 aromatic rings. The molecule has 0 fully saturated rings. The third-order valence-corrected chi connectivity index (χ3v) is 2.22. The molecule has 72 valence electrons. The fraction of sp³-hybridized carbons (Fsp3) is 0.0909. The molecule has 0 saturated heterocycles. The molecule has 0 aliphatic heterocycles. The molecule has 0 amide bonds. The van der Waals surface area contributed by atoms with Crippen molar-refractivity contribution in [3.8, 4) is 12.1 Å². The lowest BCUT2D eigenvalue weighted by atomic mass is 10.0. The third kappa shape index (κ3) is 1.25. The van der Waals surface area contributed by atoms with Crippen LogP contribution in [0.5, 0.6) is 0 Å². The summed E-state index contributed by atoms with van der Waals surface area (Å²) in [6.45, 7) is -0.285. The number of aliphatic hydroxyl groups is 1. The topological polar surface area (TPSA) is 80.9 Å². The van der Waals surface area contributed by atoms with E-state index < -0.39 is 0 Å². The Hall–Kier alpha value is -2.30. The molecule has 1 aromatic heterocycles. The number of fused-ring (bicyclic) bond motifs is 1. The quantitative estimate of drug-likeness (QED) is 0.755. The molecule has 2 rings (SSSR count). The number of aliphatic hydroxyl groups excluding tert-OH is 1. The van der Waals surface area contributed by atoms with E-state index in [1.165, 1.54) is 6.26 Å². The maximum absolute atomic E-state index is 9.02. The fourth-order valence-electron chi connectivity index (χ4n) is 1.54. The van der Waals surface area contributed by atoms with Crippen molar-refractivity contribution in [3.63, 3.8) is 0 Å². The van der Waals surface area contributed by atoms with E-state index in [0.717, 1.165) is 5.39 Å². The molecule has 15 heavy (non-hydrogen) atoms. The Labute approximate surface area is 85.6 Å². The van der Waals surface area contributed by atoms with Crippen molar-refractivity contribution in [2.45, 2.75) is 6.61 Å². The Morgan fingerprint density at radius 1 is 1.27 bits per heavy atom. The highest BCUT2D eigenvalue weighted by molar-refractivity contribution is 5.91. The summed E-state index contributed by atoms with van der Waals surface area (Å²) in [7, 11) is 0. The normalized spacial score (nSPS) is 9.80. The monoisotopic (exact) mass is 198 g/mol. The number of hydrogen-bond acceptors (Lipinski definition) is 4. The minimum atomic E-state index is -0.285. The van der Waals surface area contributed by atoms with Gasteiger partial charge in [0.1, 0.15) is 24.5 Å². The van der Waals surface area contributed by atoms with Crippen LogP contribution in [0.2, 0.25) is 0 Å². The smallest absolute Gasteiger partial charge is 0.138 e. The van der Waals surface area contributed by atoms with Gasteiger partial charge in [-0.25, -0.2) is 0 Å². The predicted molar refractivity (Wildman–Crippen MR) is 51.6 cm³/mol. The van der Waals surface area contributed by atoms with Gasteiger partial charge < -0.3 is 9.52 Å². The molecular weight excluding hydrogens is 192 g/mol. The minimum Gasteiger partial charge on any atom is -0.466 e. The lowest BCUT2D eigenvalue weighted by Crippen LogP contribution is -1.87. The molecule has 0 aliphatic carbocycles. The molecule has 0 radical (unpaired) electrons. The Bertz CT molecular complexity index is 599. The van der Waals surface area contributed by atoms with Gasteiger partial charge in [-0.1, -0.05) is 0 Å². The average Bonchev–Trinajstić information content (AvgIpc) is 2.70. The van der Waals surface area contributed by atoms with Crippen molar-refractivity contribution in [2.24, 2.45) is 0 Å². The van der Waals surface area contributed by atoms with E-state index in [0.29, 0.717) is 16.7 Å². The zero-order valence-corrected chi connectivity index (χ0v) is 7.69. The van der Waals surface area contributed by atoms with Gasteiger partial charge in [0.25, 0.3) is 0 Å². The van der Waals surface area contributed by atoms with E-state index in [4.69, 9.17) is 20.0 Å². The Morgan fingerprint density at radius 3 is 2.67 bits per heavy atom. The summed E-state index contributed by atoms with van der Waals surface area (Å²) >= 11 is 0. The molecule has 4 nitrogen and oxygen atoms in total. The second-order valence-electron chi connectivity index (χ2n) is 2.99. The van der Waals surface area contributed by atoms with Crippen LogP contribution in [0.4, 0.5) is 0 Å². The second kappa shape index (κ2) is 3.45. The van der Waals surface area contributed by atoms with E-state index in [-0.39, 0.29) is 12.2 Å². The van der Waals surface area contributed by atoms with Crippen LogP contribution in [-0.2, 0) is 6.61 Å². The van der Waals surface area contributed by atoms with Gasteiger partial charge in [-0.15, -0.1) is 0 Å². The van der Waals surface area contributed by atoms with E-state index in [2.05, 4.69) is 0 Å². The predicted octanol–water partition coefficient (Wildman–Crippen LogP) is 1.67. The highest BCUT2D eigenvalue weighted by Gasteiger charge is 2.13. The van der Waals surface area contributed by atoms with Crippen LogP contribution in [-0.4, -0.2) is 5.11 Å². The van der Waals surface area contributed by atoms with Crippen LogP contribution in [0.25, 0.3) is 10.8 Å². The maximum Gasteiger partial charge on any atom is 0.138 e. The largest absolute Gasteiger partial charge is 0.466 e. The first-order valence-electron chi connectivity index (χ1n) is 4.26. The van der Waals surface area contributed by atoms with E-state index in [1.807, 2.05) is 12.1 Å². The molecule has 1 heterocycles. The number of hydrogen-bond donors (Lipinski definition) is 1. The summed E-state index contributed by atoms with van der Waals surface area (Å²) in [6, 6.07) is 7.15. The standard InChI is InChI=1S/C11H6N2O2/c12-3-7-1-2-8-6-15-10(5-14)11(8)9(7)4-13/h1-2,6,14H,5H2. The first-order chi connectivity index (χ1) is 7.31. The molecule has 1 aromatic carbocycles. The van der Waals surface area contributed by atoms with Crippen molar-refractivity contribution in [1.29, 1.82) is 10.5 Å². The zero-order chi connectivity index (χ0) is 10.8. The number of rotatable bonds is 1. The van der Waals surface area contributed by atoms with Crippen molar-refractivity contribution in [2.75, 3.05) is 0 Å². The summed E-state index contributed by atoms with van der Waals surface area (Å²) in [5, 5.41) is 28.0. The molecule has 0 atom stereocenters. The molecular formula is C11H6N2O2. The third-order valence-electron chi connectivity index (χ3n) is 2.22. The summed E-state index contributed by atoms with van der Waals surface area (Å²) < 4.78 is 5.10. The zero-order valence-electron chi connectivity index (χ0n) is 7.69. The maximum atomic E-state index is 9.02.